The predicted molar refractivity (Wildman–Crippen MR) is 142 cm³/mol. The van der Waals surface area contributed by atoms with E-state index >= 15 is 0 Å². The maximum absolute atomic E-state index is 14.3. The van der Waals surface area contributed by atoms with Crippen LogP contribution in [-0.4, -0.2) is 22.4 Å². The summed E-state index contributed by atoms with van der Waals surface area (Å²) in [6.45, 7) is 3.47. The molecule has 3 amide bonds. The highest BCUT2D eigenvalue weighted by atomic mass is 19.1. The van der Waals surface area contributed by atoms with Crippen molar-refractivity contribution in [3.05, 3.63) is 114 Å². The van der Waals surface area contributed by atoms with Crippen LogP contribution in [0.15, 0.2) is 97.1 Å². The van der Waals surface area contributed by atoms with Gasteiger partial charge in [-0.2, -0.15) is 0 Å². The topological polar surface area (TPSA) is 61.9 Å². The van der Waals surface area contributed by atoms with E-state index in [2.05, 4.69) is 5.32 Å². The standard InChI is InChI=1S/C30H25F2N3O3/c1-30(2)28(36)35(22-13-15-24(16-14-22)38-23-9-4-3-5-10-23)29(37)34(30)19-20-8-6-7-11-26(20)33-27-17-12-21(31)18-25(27)32/h3-18,33H,19H2,1-2H3. The summed E-state index contributed by atoms with van der Waals surface area (Å²) in [5.41, 5.74) is 0.593. The fourth-order valence-electron chi connectivity index (χ4n) is 4.30. The van der Waals surface area contributed by atoms with E-state index in [0.717, 1.165) is 17.0 Å². The zero-order chi connectivity index (χ0) is 26.9. The Labute approximate surface area is 219 Å². The van der Waals surface area contributed by atoms with Crippen LogP contribution in [0.25, 0.3) is 0 Å². The molecule has 4 aromatic rings. The van der Waals surface area contributed by atoms with Gasteiger partial charge < -0.3 is 15.0 Å². The van der Waals surface area contributed by atoms with Gasteiger partial charge in [-0.3, -0.25) is 4.79 Å². The van der Waals surface area contributed by atoms with Crippen LogP contribution in [0.5, 0.6) is 11.5 Å². The number of halogens is 2. The SMILES string of the molecule is CC1(C)C(=O)N(c2ccc(Oc3ccccc3)cc2)C(=O)N1Cc1ccccc1Nc1ccc(F)cc1F. The summed E-state index contributed by atoms with van der Waals surface area (Å²) in [6.07, 6.45) is 0. The number of carbonyl (C=O) groups excluding carboxylic acids is 2. The number of amides is 3. The highest BCUT2D eigenvalue weighted by Crippen LogP contribution is 2.36. The summed E-state index contributed by atoms with van der Waals surface area (Å²) in [6, 6.07) is 25.9. The molecule has 0 spiro atoms. The number of nitrogens with zero attached hydrogens (tertiary/aromatic N) is 2. The van der Waals surface area contributed by atoms with Gasteiger partial charge in [-0.15, -0.1) is 0 Å². The number of anilines is 3. The van der Waals surface area contributed by atoms with Gasteiger partial charge >= 0.3 is 6.03 Å². The molecule has 0 unspecified atom stereocenters. The molecule has 0 aromatic heterocycles. The van der Waals surface area contributed by atoms with Gasteiger partial charge in [0.1, 0.15) is 28.7 Å². The van der Waals surface area contributed by atoms with Crippen LogP contribution in [0.1, 0.15) is 19.4 Å². The molecule has 1 heterocycles. The lowest BCUT2D eigenvalue weighted by Crippen LogP contribution is -2.43. The molecule has 0 aliphatic carbocycles. The van der Waals surface area contributed by atoms with Gasteiger partial charge in [-0.25, -0.2) is 18.5 Å². The predicted octanol–water partition coefficient (Wildman–Crippen LogP) is 7.25. The van der Waals surface area contributed by atoms with Crippen LogP contribution in [0.2, 0.25) is 0 Å². The average Bonchev–Trinajstić information content (AvgIpc) is 3.07. The highest BCUT2D eigenvalue weighted by molar-refractivity contribution is 6.23. The Hall–Kier alpha value is -4.72. The minimum atomic E-state index is -1.13. The third-order valence-electron chi connectivity index (χ3n) is 6.44. The van der Waals surface area contributed by atoms with Crippen molar-refractivity contribution in [2.75, 3.05) is 10.2 Å². The zero-order valence-corrected chi connectivity index (χ0v) is 20.8. The first-order valence-electron chi connectivity index (χ1n) is 12.0. The van der Waals surface area contributed by atoms with E-state index in [1.807, 2.05) is 30.3 Å². The number of benzene rings is 4. The molecular weight excluding hydrogens is 488 g/mol. The number of hydrogen-bond acceptors (Lipinski definition) is 4. The van der Waals surface area contributed by atoms with E-state index in [9.17, 15) is 18.4 Å². The van der Waals surface area contributed by atoms with Crippen LogP contribution in [0.4, 0.5) is 30.6 Å². The molecule has 4 aromatic carbocycles. The zero-order valence-electron chi connectivity index (χ0n) is 20.8. The molecule has 1 aliphatic rings. The Bertz CT molecular complexity index is 1490. The summed E-state index contributed by atoms with van der Waals surface area (Å²) < 4.78 is 33.4. The quantitative estimate of drug-likeness (QED) is 0.265. The molecule has 0 atom stereocenters. The normalized spacial score (nSPS) is 14.6. The first-order valence-corrected chi connectivity index (χ1v) is 12.0. The van der Waals surface area contributed by atoms with Gasteiger partial charge in [0.2, 0.25) is 0 Å². The first-order chi connectivity index (χ1) is 18.2. The van der Waals surface area contributed by atoms with Gasteiger partial charge in [0, 0.05) is 11.8 Å². The number of hydrogen-bond donors (Lipinski definition) is 1. The second-order valence-corrected chi connectivity index (χ2v) is 9.38. The third-order valence-corrected chi connectivity index (χ3v) is 6.44. The Kier molecular flexibility index (Phi) is 6.55. The van der Waals surface area contributed by atoms with Crippen LogP contribution in [0.3, 0.4) is 0 Å². The van der Waals surface area contributed by atoms with E-state index in [4.69, 9.17) is 4.74 Å². The molecule has 38 heavy (non-hydrogen) atoms. The van der Waals surface area contributed by atoms with Crippen molar-refractivity contribution in [1.82, 2.24) is 4.90 Å². The summed E-state index contributed by atoms with van der Waals surface area (Å²) in [7, 11) is 0. The monoisotopic (exact) mass is 513 g/mol. The average molecular weight is 514 g/mol. The molecule has 1 fully saturated rings. The van der Waals surface area contributed by atoms with Crippen molar-refractivity contribution in [1.29, 1.82) is 0 Å². The van der Waals surface area contributed by atoms with Crippen molar-refractivity contribution < 1.29 is 23.1 Å². The molecular formula is C30H25F2N3O3. The van der Waals surface area contributed by atoms with E-state index in [-0.39, 0.29) is 18.1 Å². The van der Waals surface area contributed by atoms with Crippen LogP contribution in [0, 0.1) is 11.6 Å². The lowest BCUT2D eigenvalue weighted by Gasteiger charge is -2.28. The van der Waals surface area contributed by atoms with Gasteiger partial charge in [-0.1, -0.05) is 36.4 Å². The lowest BCUT2D eigenvalue weighted by atomic mass is 10.0. The number of rotatable bonds is 7. The third kappa shape index (κ3) is 4.80. The Morgan fingerprint density at radius 3 is 2.16 bits per heavy atom. The molecule has 1 saturated heterocycles. The lowest BCUT2D eigenvalue weighted by molar-refractivity contribution is -0.123. The van der Waals surface area contributed by atoms with Crippen molar-refractivity contribution in [3.8, 4) is 11.5 Å². The molecule has 0 saturated carbocycles. The molecule has 0 radical (unpaired) electrons. The van der Waals surface area contributed by atoms with E-state index in [0.29, 0.717) is 28.4 Å². The number of para-hydroxylation sites is 2. The van der Waals surface area contributed by atoms with E-state index in [1.165, 1.54) is 11.0 Å². The fourth-order valence-corrected chi connectivity index (χ4v) is 4.30. The van der Waals surface area contributed by atoms with Crippen LogP contribution < -0.4 is 15.0 Å². The maximum Gasteiger partial charge on any atom is 0.332 e. The van der Waals surface area contributed by atoms with Crippen molar-refractivity contribution in [3.63, 3.8) is 0 Å². The second-order valence-electron chi connectivity index (χ2n) is 9.38. The van der Waals surface area contributed by atoms with Gasteiger partial charge in [0.05, 0.1) is 17.9 Å². The summed E-state index contributed by atoms with van der Waals surface area (Å²) >= 11 is 0. The summed E-state index contributed by atoms with van der Waals surface area (Å²) in [5.74, 6) is -0.534. The van der Waals surface area contributed by atoms with E-state index in [1.54, 1.807) is 62.4 Å². The van der Waals surface area contributed by atoms with E-state index < -0.39 is 23.2 Å². The molecule has 1 aliphatic heterocycles. The fraction of sp³-hybridized carbons (Fsp3) is 0.133. The highest BCUT2D eigenvalue weighted by Gasteiger charge is 2.51. The largest absolute Gasteiger partial charge is 0.457 e. The minimum Gasteiger partial charge on any atom is -0.457 e. The Morgan fingerprint density at radius 2 is 1.45 bits per heavy atom. The maximum atomic E-state index is 14.3. The second kappa shape index (κ2) is 9.97. The van der Waals surface area contributed by atoms with Crippen molar-refractivity contribution >= 4 is 29.0 Å². The molecule has 5 rings (SSSR count). The van der Waals surface area contributed by atoms with Crippen LogP contribution >= 0.6 is 0 Å². The van der Waals surface area contributed by atoms with Gasteiger partial charge in [0.15, 0.2) is 0 Å². The summed E-state index contributed by atoms with van der Waals surface area (Å²) in [4.78, 5) is 29.6. The number of urea groups is 1. The number of ether oxygens (including phenoxy) is 1. The molecule has 6 nitrogen and oxygen atoms in total. The van der Waals surface area contributed by atoms with Gasteiger partial charge in [-0.05, 0) is 74.0 Å². The first kappa shape index (κ1) is 25.0. The van der Waals surface area contributed by atoms with Crippen molar-refractivity contribution in [2.24, 2.45) is 0 Å². The van der Waals surface area contributed by atoms with Crippen LogP contribution in [-0.2, 0) is 11.3 Å². The number of carbonyl (C=O) groups is 2. The molecule has 8 heteroatoms. The number of imide groups is 1. The molecule has 1 N–H and O–H groups in total. The van der Waals surface area contributed by atoms with Crippen molar-refractivity contribution in [2.45, 2.75) is 25.9 Å². The Morgan fingerprint density at radius 1 is 0.789 bits per heavy atom. The van der Waals surface area contributed by atoms with Gasteiger partial charge in [0.25, 0.3) is 5.91 Å². The smallest absolute Gasteiger partial charge is 0.332 e. The molecule has 192 valence electrons. The Balaban J connectivity index is 1.38. The molecule has 0 bridgehead atoms. The summed E-state index contributed by atoms with van der Waals surface area (Å²) in [5, 5.41) is 2.97. The minimum absolute atomic E-state index is 0.0925. The number of nitrogens with one attached hydrogen (secondary N) is 1.